The van der Waals surface area contributed by atoms with Crippen LogP contribution in [0.1, 0.15) is 24.9 Å². The summed E-state index contributed by atoms with van der Waals surface area (Å²) < 4.78 is 5.22. The summed E-state index contributed by atoms with van der Waals surface area (Å²) in [5.41, 5.74) is 1.05. The van der Waals surface area contributed by atoms with E-state index in [2.05, 4.69) is 11.4 Å². The third-order valence-corrected chi connectivity index (χ3v) is 2.73. The van der Waals surface area contributed by atoms with Gasteiger partial charge < -0.3 is 4.74 Å². The smallest absolute Gasteiger partial charge is 0.122 e. The van der Waals surface area contributed by atoms with Crippen LogP contribution in [-0.4, -0.2) is 19.8 Å². The Morgan fingerprint density at radius 1 is 1.67 bits per heavy atom. The Balaban J connectivity index is 2.22. The van der Waals surface area contributed by atoms with Gasteiger partial charge in [-0.2, -0.15) is 16.6 Å². The van der Waals surface area contributed by atoms with E-state index in [0.29, 0.717) is 0 Å². The summed E-state index contributed by atoms with van der Waals surface area (Å²) in [5, 5.41) is 16.1. The van der Waals surface area contributed by atoms with Crippen LogP contribution in [0.4, 0.5) is 0 Å². The summed E-state index contributed by atoms with van der Waals surface area (Å²) in [6.45, 7) is 4.31. The lowest BCUT2D eigenvalue weighted by molar-refractivity contribution is 0.144. The molecule has 15 heavy (non-hydrogen) atoms. The molecule has 1 unspecified atom stereocenters. The van der Waals surface area contributed by atoms with Crippen molar-refractivity contribution in [1.29, 1.82) is 5.26 Å². The van der Waals surface area contributed by atoms with E-state index in [-0.39, 0.29) is 6.04 Å². The summed E-state index contributed by atoms with van der Waals surface area (Å²) >= 11 is 1.61. The van der Waals surface area contributed by atoms with Crippen LogP contribution in [0.5, 0.6) is 0 Å². The fraction of sp³-hybridized carbons (Fsp3) is 0.545. The van der Waals surface area contributed by atoms with Crippen LogP contribution in [0.2, 0.25) is 0 Å². The average Bonchev–Trinajstić information content (AvgIpc) is 2.77. The molecule has 82 valence electrons. The fourth-order valence-electron chi connectivity index (χ4n) is 1.24. The predicted molar refractivity (Wildman–Crippen MR) is 61.8 cm³/mol. The van der Waals surface area contributed by atoms with Crippen LogP contribution >= 0.6 is 11.3 Å². The van der Waals surface area contributed by atoms with E-state index < -0.39 is 0 Å². The van der Waals surface area contributed by atoms with Gasteiger partial charge in [-0.15, -0.1) is 0 Å². The maximum Gasteiger partial charge on any atom is 0.122 e. The van der Waals surface area contributed by atoms with Gasteiger partial charge in [0.1, 0.15) is 6.04 Å². The molecule has 0 aliphatic carbocycles. The van der Waals surface area contributed by atoms with E-state index >= 15 is 0 Å². The molecule has 0 bridgehead atoms. The standard InChI is InChI=1S/C11H16N2OS/c1-2-14-6-3-5-13-11(8-12)10-4-7-15-9-10/h4,7,9,11,13H,2-3,5-6H2,1H3. The van der Waals surface area contributed by atoms with Crippen LogP contribution < -0.4 is 5.32 Å². The van der Waals surface area contributed by atoms with Crippen LogP contribution in [0.25, 0.3) is 0 Å². The third kappa shape index (κ3) is 4.43. The first-order valence-corrected chi connectivity index (χ1v) is 6.05. The summed E-state index contributed by atoms with van der Waals surface area (Å²) in [6.07, 6.45) is 0.941. The minimum Gasteiger partial charge on any atom is -0.382 e. The molecule has 0 fully saturated rings. The molecular formula is C11H16N2OS. The van der Waals surface area contributed by atoms with Gasteiger partial charge in [0.2, 0.25) is 0 Å². The van der Waals surface area contributed by atoms with Gasteiger partial charge >= 0.3 is 0 Å². The van der Waals surface area contributed by atoms with Crippen molar-refractivity contribution in [3.05, 3.63) is 22.4 Å². The first-order valence-electron chi connectivity index (χ1n) is 5.11. The second-order valence-electron chi connectivity index (χ2n) is 3.12. The lowest BCUT2D eigenvalue weighted by atomic mass is 10.2. The van der Waals surface area contributed by atoms with Crippen LogP contribution in [0.3, 0.4) is 0 Å². The predicted octanol–water partition coefficient (Wildman–Crippen LogP) is 2.33. The van der Waals surface area contributed by atoms with Crippen molar-refractivity contribution in [3.8, 4) is 6.07 Å². The molecule has 1 aromatic heterocycles. The Labute approximate surface area is 94.7 Å². The van der Waals surface area contributed by atoms with Crippen molar-refractivity contribution < 1.29 is 4.74 Å². The Kier molecular flexibility index (Phi) is 6.02. The first kappa shape index (κ1) is 12.2. The number of nitrogens with zero attached hydrogens (tertiary/aromatic N) is 1. The van der Waals surface area contributed by atoms with E-state index in [1.165, 1.54) is 0 Å². The molecule has 1 N–H and O–H groups in total. The Morgan fingerprint density at radius 2 is 2.53 bits per heavy atom. The van der Waals surface area contributed by atoms with E-state index in [1.807, 2.05) is 23.8 Å². The lowest BCUT2D eigenvalue weighted by Gasteiger charge is -2.09. The summed E-state index contributed by atoms with van der Waals surface area (Å²) in [5.74, 6) is 0. The zero-order valence-corrected chi connectivity index (χ0v) is 9.72. The normalized spacial score (nSPS) is 12.3. The van der Waals surface area contributed by atoms with Crippen molar-refractivity contribution >= 4 is 11.3 Å². The van der Waals surface area contributed by atoms with Gasteiger partial charge in [-0.1, -0.05) is 0 Å². The monoisotopic (exact) mass is 224 g/mol. The van der Waals surface area contributed by atoms with Gasteiger partial charge in [-0.3, -0.25) is 5.32 Å². The number of ether oxygens (including phenoxy) is 1. The number of nitrogens with one attached hydrogen (secondary N) is 1. The van der Waals surface area contributed by atoms with Gasteiger partial charge in [0.25, 0.3) is 0 Å². The second-order valence-corrected chi connectivity index (χ2v) is 3.90. The average molecular weight is 224 g/mol. The zero-order chi connectivity index (χ0) is 10.9. The molecule has 0 saturated carbocycles. The van der Waals surface area contributed by atoms with Crippen molar-refractivity contribution in [2.45, 2.75) is 19.4 Å². The summed E-state index contributed by atoms with van der Waals surface area (Å²) in [7, 11) is 0. The third-order valence-electron chi connectivity index (χ3n) is 2.02. The van der Waals surface area contributed by atoms with Crippen molar-refractivity contribution in [2.24, 2.45) is 0 Å². The molecule has 0 radical (unpaired) electrons. The quantitative estimate of drug-likeness (QED) is 0.723. The van der Waals surface area contributed by atoms with E-state index in [1.54, 1.807) is 11.3 Å². The van der Waals surface area contributed by atoms with E-state index in [4.69, 9.17) is 10.00 Å². The highest BCUT2D eigenvalue weighted by Gasteiger charge is 2.08. The first-order chi connectivity index (χ1) is 7.38. The fourth-order valence-corrected chi connectivity index (χ4v) is 1.93. The van der Waals surface area contributed by atoms with Crippen molar-refractivity contribution in [1.82, 2.24) is 5.32 Å². The molecule has 0 spiro atoms. The number of nitriles is 1. The molecule has 1 heterocycles. The maximum atomic E-state index is 8.96. The summed E-state index contributed by atoms with van der Waals surface area (Å²) in [6, 6.07) is 4.05. The maximum absolute atomic E-state index is 8.96. The number of rotatable bonds is 7. The van der Waals surface area contributed by atoms with E-state index in [9.17, 15) is 0 Å². The number of thiophene rings is 1. The van der Waals surface area contributed by atoms with Gasteiger partial charge in [-0.05, 0) is 42.3 Å². The van der Waals surface area contributed by atoms with Crippen LogP contribution in [0.15, 0.2) is 16.8 Å². The summed E-state index contributed by atoms with van der Waals surface area (Å²) in [4.78, 5) is 0. The highest BCUT2D eigenvalue weighted by Crippen LogP contribution is 2.15. The lowest BCUT2D eigenvalue weighted by Crippen LogP contribution is -2.21. The molecule has 1 aromatic rings. The molecule has 4 heteroatoms. The molecule has 3 nitrogen and oxygen atoms in total. The molecule has 0 aliphatic heterocycles. The minimum absolute atomic E-state index is 0.183. The van der Waals surface area contributed by atoms with Crippen molar-refractivity contribution in [3.63, 3.8) is 0 Å². The Morgan fingerprint density at radius 3 is 3.13 bits per heavy atom. The van der Waals surface area contributed by atoms with Crippen LogP contribution in [-0.2, 0) is 4.74 Å². The number of hydrogen-bond donors (Lipinski definition) is 1. The highest BCUT2D eigenvalue weighted by molar-refractivity contribution is 7.07. The number of hydrogen-bond acceptors (Lipinski definition) is 4. The molecule has 0 aliphatic rings. The Bertz CT molecular complexity index is 292. The molecule has 1 rings (SSSR count). The van der Waals surface area contributed by atoms with E-state index in [0.717, 1.165) is 31.7 Å². The zero-order valence-electron chi connectivity index (χ0n) is 8.90. The SMILES string of the molecule is CCOCCCNC(C#N)c1ccsc1. The molecule has 0 saturated heterocycles. The van der Waals surface area contributed by atoms with Crippen molar-refractivity contribution in [2.75, 3.05) is 19.8 Å². The largest absolute Gasteiger partial charge is 0.382 e. The molecule has 0 amide bonds. The van der Waals surface area contributed by atoms with Gasteiger partial charge in [-0.25, -0.2) is 0 Å². The van der Waals surface area contributed by atoms with Crippen LogP contribution in [0, 0.1) is 11.3 Å². The molecule has 0 aromatic carbocycles. The highest BCUT2D eigenvalue weighted by atomic mass is 32.1. The topological polar surface area (TPSA) is 45.0 Å². The molecular weight excluding hydrogens is 208 g/mol. The van der Waals surface area contributed by atoms with Gasteiger partial charge in [0.05, 0.1) is 6.07 Å². The Hall–Kier alpha value is -0.890. The molecule has 1 atom stereocenters. The second kappa shape index (κ2) is 7.41. The minimum atomic E-state index is -0.183. The van der Waals surface area contributed by atoms with Gasteiger partial charge in [0, 0.05) is 13.2 Å². The van der Waals surface area contributed by atoms with Gasteiger partial charge in [0.15, 0.2) is 0 Å².